The van der Waals surface area contributed by atoms with Crippen molar-refractivity contribution in [2.75, 3.05) is 18.9 Å². The molecule has 7 heteroatoms. The molecule has 0 radical (unpaired) electrons. The molecule has 0 unspecified atom stereocenters. The Kier molecular flexibility index (Phi) is 6.64. The zero-order valence-electron chi connectivity index (χ0n) is 12.5. The van der Waals surface area contributed by atoms with E-state index in [1.807, 2.05) is 13.0 Å². The largest absolute Gasteiger partial charge is 0.484 e. The molecule has 6 nitrogen and oxygen atoms in total. The van der Waals surface area contributed by atoms with E-state index in [2.05, 4.69) is 10.0 Å². The van der Waals surface area contributed by atoms with E-state index in [9.17, 15) is 13.2 Å². The molecule has 0 fully saturated rings. The Balaban J connectivity index is 2.69. The van der Waals surface area contributed by atoms with Crippen molar-refractivity contribution in [1.29, 1.82) is 0 Å². The molecule has 0 spiro atoms. The minimum atomic E-state index is -3.27. The van der Waals surface area contributed by atoms with Gasteiger partial charge < -0.3 is 10.1 Å². The number of hydrogen-bond donors (Lipinski definition) is 2. The van der Waals surface area contributed by atoms with Crippen molar-refractivity contribution in [1.82, 2.24) is 10.0 Å². The van der Waals surface area contributed by atoms with E-state index in [0.29, 0.717) is 12.3 Å². The molecule has 0 aromatic heterocycles. The Morgan fingerprint density at radius 2 is 2.05 bits per heavy atom. The summed E-state index contributed by atoms with van der Waals surface area (Å²) in [5.41, 5.74) is 0.778. The molecule has 0 aliphatic rings. The second kappa shape index (κ2) is 7.99. The first kappa shape index (κ1) is 17.5. The van der Waals surface area contributed by atoms with Gasteiger partial charge in [-0.25, -0.2) is 13.1 Å². The van der Waals surface area contributed by atoms with Crippen molar-refractivity contribution in [2.45, 2.75) is 26.8 Å². The topological polar surface area (TPSA) is 84.5 Å². The zero-order chi connectivity index (χ0) is 15.9. The van der Waals surface area contributed by atoms with Crippen LogP contribution in [0.2, 0.25) is 0 Å². The Morgan fingerprint density at radius 1 is 1.33 bits per heavy atom. The van der Waals surface area contributed by atoms with Gasteiger partial charge in [-0.2, -0.15) is 0 Å². The first-order chi connectivity index (χ1) is 9.88. The van der Waals surface area contributed by atoms with Crippen molar-refractivity contribution in [3.63, 3.8) is 0 Å². The predicted octanol–water partition coefficient (Wildman–Crippen LogP) is 1.20. The van der Waals surface area contributed by atoms with Crippen LogP contribution < -0.4 is 14.8 Å². The fourth-order valence-electron chi connectivity index (χ4n) is 1.69. The second-order valence-electron chi connectivity index (χ2n) is 4.56. The number of sulfonamides is 1. The van der Waals surface area contributed by atoms with Crippen LogP contribution in [0, 0.1) is 0 Å². The van der Waals surface area contributed by atoms with Gasteiger partial charge in [0, 0.05) is 12.6 Å². The van der Waals surface area contributed by atoms with Gasteiger partial charge in [-0.3, -0.25) is 4.79 Å². The van der Waals surface area contributed by atoms with Crippen molar-refractivity contribution in [3.8, 4) is 5.75 Å². The van der Waals surface area contributed by atoms with Gasteiger partial charge in [0.15, 0.2) is 6.61 Å². The van der Waals surface area contributed by atoms with E-state index in [1.165, 1.54) is 0 Å². The molecule has 1 amide bonds. The maximum atomic E-state index is 11.6. The lowest BCUT2D eigenvalue weighted by molar-refractivity contribution is -0.122. The number of hydrogen-bond acceptors (Lipinski definition) is 4. The number of likely N-dealkylation sites (N-methyl/N-ethyl adjacent to an activating group) is 1. The number of nitrogens with one attached hydrogen (secondary N) is 2. The second-order valence-corrected chi connectivity index (χ2v) is 6.60. The number of carbonyl (C=O) groups excluding carboxylic acids is 1. The van der Waals surface area contributed by atoms with Gasteiger partial charge in [-0.05, 0) is 38.5 Å². The fourth-order valence-corrected chi connectivity index (χ4v) is 2.53. The summed E-state index contributed by atoms with van der Waals surface area (Å²) in [6.07, 6.45) is 0. The SMILES string of the molecule is CCNC(=O)COc1cccc([C@H](C)NS(=O)(=O)CC)c1. The first-order valence-corrected chi connectivity index (χ1v) is 8.52. The monoisotopic (exact) mass is 314 g/mol. The standard InChI is InChI=1S/C14H22N2O4S/c1-4-15-14(17)10-20-13-8-6-7-12(9-13)11(3)16-21(18,19)5-2/h6-9,11,16H,4-5,10H2,1-3H3,(H,15,17)/t11-/m0/s1. The third-order valence-electron chi connectivity index (χ3n) is 2.84. The normalized spacial score (nSPS) is 12.7. The highest BCUT2D eigenvalue weighted by Crippen LogP contribution is 2.19. The van der Waals surface area contributed by atoms with Gasteiger partial charge in [0.05, 0.1) is 5.75 Å². The van der Waals surface area contributed by atoms with Crippen molar-refractivity contribution < 1.29 is 17.9 Å². The average molecular weight is 314 g/mol. The molecule has 1 atom stereocenters. The van der Waals surface area contributed by atoms with Crippen LogP contribution in [0.1, 0.15) is 32.4 Å². The minimum Gasteiger partial charge on any atom is -0.484 e. The molecule has 1 rings (SSSR count). The molecule has 0 saturated carbocycles. The Morgan fingerprint density at radius 3 is 2.67 bits per heavy atom. The molecule has 1 aromatic rings. The van der Waals surface area contributed by atoms with Gasteiger partial charge in [0.1, 0.15) is 5.75 Å². The Hall–Kier alpha value is -1.60. The lowest BCUT2D eigenvalue weighted by Crippen LogP contribution is -2.29. The summed E-state index contributed by atoms with van der Waals surface area (Å²) >= 11 is 0. The molecule has 2 N–H and O–H groups in total. The fraction of sp³-hybridized carbons (Fsp3) is 0.500. The van der Waals surface area contributed by atoms with Gasteiger partial charge in [0.2, 0.25) is 10.0 Å². The highest BCUT2D eigenvalue weighted by molar-refractivity contribution is 7.89. The predicted molar refractivity (Wildman–Crippen MR) is 81.6 cm³/mol. The van der Waals surface area contributed by atoms with Crippen molar-refractivity contribution >= 4 is 15.9 Å². The summed E-state index contributed by atoms with van der Waals surface area (Å²) in [6, 6.07) is 6.66. The van der Waals surface area contributed by atoms with Crippen LogP contribution >= 0.6 is 0 Å². The molecular weight excluding hydrogens is 292 g/mol. The lowest BCUT2D eigenvalue weighted by Gasteiger charge is -2.15. The summed E-state index contributed by atoms with van der Waals surface area (Å²) in [4.78, 5) is 11.3. The number of amides is 1. The van der Waals surface area contributed by atoms with E-state index in [-0.39, 0.29) is 24.3 Å². The summed E-state index contributed by atoms with van der Waals surface area (Å²) in [7, 11) is -3.27. The van der Waals surface area contributed by atoms with Crippen LogP contribution in [0.5, 0.6) is 5.75 Å². The molecule has 21 heavy (non-hydrogen) atoms. The minimum absolute atomic E-state index is 0.0325. The molecule has 0 bridgehead atoms. The Labute approximate surface area is 125 Å². The summed E-state index contributed by atoms with van der Waals surface area (Å²) < 4.78 is 31.1. The quantitative estimate of drug-likeness (QED) is 0.755. The summed E-state index contributed by atoms with van der Waals surface area (Å²) in [6.45, 7) is 5.67. The van der Waals surface area contributed by atoms with Crippen LogP contribution in [-0.2, 0) is 14.8 Å². The van der Waals surface area contributed by atoms with E-state index < -0.39 is 10.0 Å². The average Bonchev–Trinajstić information content (AvgIpc) is 2.45. The van der Waals surface area contributed by atoms with Gasteiger partial charge in [-0.15, -0.1) is 0 Å². The highest BCUT2D eigenvalue weighted by Gasteiger charge is 2.14. The first-order valence-electron chi connectivity index (χ1n) is 6.87. The number of ether oxygens (including phenoxy) is 1. The summed E-state index contributed by atoms with van der Waals surface area (Å²) in [5, 5.41) is 2.64. The molecular formula is C14H22N2O4S. The molecule has 0 aliphatic carbocycles. The maximum Gasteiger partial charge on any atom is 0.257 e. The van der Waals surface area contributed by atoms with Crippen LogP contribution in [0.3, 0.4) is 0 Å². The van der Waals surface area contributed by atoms with Crippen molar-refractivity contribution in [2.24, 2.45) is 0 Å². The van der Waals surface area contributed by atoms with E-state index >= 15 is 0 Å². The molecule has 0 aliphatic heterocycles. The van der Waals surface area contributed by atoms with Crippen LogP contribution in [-0.4, -0.2) is 33.2 Å². The van der Waals surface area contributed by atoms with Crippen LogP contribution in [0.15, 0.2) is 24.3 Å². The molecule has 1 aromatic carbocycles. The summed E-state index contributed by atoms with van der Waals surface area (Å²) in [5.74, 6) is 0.369. The Bertz CT molecular complexity index is 572. The van der Waals surface area contributed by atoms with Crippen molar-refractivity contribution in [3.05, 3.63) is 29.8 Å². The number of carbonyl (C=O) groups is 1. The molecule has 118 valence electrons. The molecule has 0 heterocycles. The highest BCUT2D eigenvalue weighted by atomic mass is 32.2. The van der Waals surface area contributed by atoms with E-state index in [0.717, 1.165) is 5.56 Å². The van der Waals surface area contributed by atoms with E-state index in [4.69, 9.17) is 4.74 Å². The zero-order valence-corrected chi connectivity index (χ0v) is 13.4. The van der Waals surface area contributed by atoms with Gasteiger partial charge in [-0.1, -0.05) is 12.1 Å². The van der Waals surface area contributed by atoms with Crippen LogP contribution in [0.4, 0.5) is 0 Å². The van der Waals surface area contributed by atoms with Gasteiger partial charge >= 0.3 is 0 Å². The molecule has 0 saturated heterocycles. The third kappa shape index (κ3) is 6.14. The lowest BCUT2D eigenvalue weighted by atomic mass is 10.1. The van der Waals surface area contributed by atoms with E-state index in [1.54, 1.807) is 32.0 Å². The number of rotatable bonds is 8. The number of benzene rings is 1. The maximum absolute atomic E-state index is 11.6. The van der Waals surface area contributed by atoms with Gasteiger partial charge in [0.25, 0.3) is 5.91 Å². The van der Waals surface area contributed by atoms with Crippen LogP contribution in [0.25, 0.3) is 0 Å². The third-order valence-corrected chi connectivity index (χ3v) is 4.31. The smallest absolute Gasteiger partial charge is 0.257 e.